The van der Waals surface area contributed by atoms with Crippen LogP contribution in [0.3, 0.4) is 0 Å². The van der Waals surface area contributed by atoms with Gasteiger partial charge >= 0.3 is 5.97 Å². The van der Waals surface area contributed by atoms with Gasteiger partial charge in [0.25, 0.3) is 0 Å². The Kier molecular flexibility index (Phi) is 7.17. The minimum atomic E-state index is -3.45. The number of esters is 1. The van der Waals surface area contributed by atoms with Crippen LogP contribution < -0.4 is 9.62 Å². The Balaban J connectivity index is 1.99. The maximum Gasteiger partial charge on any atom is 0.337 e. The number of amides is 1. The molecule has 0 heterocycles. The molecule has 7 nitrogen and oxygen atoms in total. The molecule has 0 saturated heterocycles. The molecule has 1 N–H and O–H groups in total. The number of anilines is 2. The lowest BCUT2D eigenvalue weighted by molar-refractivity contribution is -0.116. The first kappa shape index (κ1) is 21.4. The van der Waals surface area contributed by atoms with Crippen molar-refractivity contribution in [3.63, 3.8) is 0 Å². The van der Waals surface area contributed by atoms with Crippen molar-refractivity contribution >= 4 is 33.3 Å². The number of hydrogen-bond acceptors (Lipinski definition) is 5. The molecule has 0 unspecified atom stereocenters. The highest BCUT2D eigenvalue weighted by Crippen LogP contribution is 2.19. The van der Waals surface area contributed by atoms with E-state index >= 15 is 0 Å². The summed E-state index contributed by atoms with van der Waals surface area (Å²) in [5, 5.41) is 2.77. The van der Waals surface area contributed by atoms with Gasteiger partial charge in [0.15, 0.2) is 0 Å². The van der Waals surface area contributed by atoms with E-state index in [1.54, 1.807) is 42.5 Å². The number of sulfonamides is 1. The molecule has 0 atom stereocenters. The van der Waals surface area contributed by atoms with Gasteiger partial charge in [0.05, 0.1) is 24.6 Å². The van der Waals surface area contributed by atoms with Crippen molar-refractivity contribution in [1.82, 2.24) is 0 Å². The summed E-state index contributed by atoms with van der Waals surface area (Å²) in [6, 6.07) is 13.7. The second kappa shape index (κ2) is 9.36. The molecule has 2 aromatic carbocycles. The maximum atomic E-state index is 12.3. The van der Waals surface area contributed by atoms with Crippen LogP contribution in [0.4, 0.5) is 11.4 Å². The first-order valence-corrected chi connectivity index (χ1v) is 10.6. The molecule has 1 amide bonds. The van der Waals surface area contributed by atoms with Gasteiger partial charge in [-0.15, -0.1) is 0 Å². The van der Waals surface area contributed by atoms with Gasteiger partial charge in [0.1, 0.15) is 0 Å². The van der Waals surface area contributed by atoms with Gasteiger partial charge in [-0.2, -0.15) is 0 Å². The summed E-state index contributed by atoms with van der Waals surface area (Å²) in [5.41, 5.74) is 2.24. The van der Waals surface area contributed by atoms with E-state index < -0.39 is 16.0 Å². The lowest BCUT2D eigenvalue weighted by Crippen LogP contribution is -2.31. The standard InChI is InChI=1S/C20H24N2O5S/c1-15-11-12-16(20(24)27-2)14-18(15)21-19(23)10-7-13-22(28(3,25)26)17-8-5-4-6-9-17/h4-6,8-9,11-12,14H,7,10,13H2,1-3H3,(H,21,23). The summed E-state index contributed by atoms with van der Waals surface area (Å²) in [6.07, 6.45) is 1.63. The molecular formula is C20H24N2O5S. The summed E-state index contributed by atoms with van der Waals surface area (Å²) in [5.74, 6) is -0.742. The first-order valence-electron chi connectivity index (χ1n) is 8.74. The van der Waals surface area contributed by atoms with Crippen molar-refractivity contribution in [3.8, 4) is 0 Å². The zero-order chi connectivity index (χ0) is 20.7. The molecule has 0 spiro atoms. The van der Waals surface area contributed by atoms with Crippen molar-refractivity contribution in [2.45, 2.75) is 19.8 Å². The predicted molar refractivity (Wildman–Crippen MR) is 109 cm³/mol. The van der Waals surface area contributed by atoms with E-state index in [4.69, 9.17) is 0 Å². The predicted octanol–water partition coefficient (Wildman–Crippen LogP) is 2.97. The smallest absolute Gasteiger partial charge is 0.337 e. The molecule has 0 bridgehead atoms. The van der Waals surface area contributed by atoms with Gasteiger partial charge in [0.2, 0.25) is 15.9 Å². The van der Waals surface area contributed by atoms with Crippen LogP contribution in [0.1, 0.15) is 28.8 Å². The lowest BCUT2D eigenvalue weighted by atomic mass is 10.1. The average molecular weight is 404 g/mol. The molecule has 0 aromatic heterocycles. The van der Waals surface area contributed by atoms with Gasteiger partial charge in [-0.05, 0) is 43.2 Å². The fourth-order valence-corrected chi connectivity index (χ4v) is 3.64. The topological polar surface area (TPSA) is 92.8 Å². The number of carbonyl (C=O) groups is 2. The Labute approximate surface area is 165 Å². The Morgan fingerprint density at radius 2 is 1.79 bits per heavy atom. The van der Waals surface area contributed by atoms with Gasteiger partial charge in [-0.3, -0.25) is 9.10 Å². The van der Waals surface area contributed by atoms with Crippen molar-refractivity contribution in [2.24, 2.45) is 0 Å². The van der Waals surface area contributed by atoms with E-state index in [9.17, 15) is 18.0 Å². The van der Waals surface area contributed by atoms with E-state index in [1.165, 1.54) is 11.4 Å². The van der Waals surface area contributed by atoms with Gasteiger partial charge in [-0.25, -0.2) is 13.2 Å². The summed E-state index contributed by atoms with van der Waals surface area (Å²) < 4.78 is 30.1. The fourth-order valence-electron chi connectivity index (χ4n) is 2.68. The highest BCUT2D eigenvalue weighted by atomic mass is 32.2. The van der Waals surface area contributed by atoms with Crippen LogP contribution in [0.5, 0.6) is 0 Å². The molecule has 150 valence electrons. The number of methoxy groups -OCH3 is 1. The number of nitrogens with one attached hydrogen (secondary N) is 1. The van der Waals surface area contributed by atoms with Gasteiger partial charge in [0, 0.05) is 18.7 Å². The number of para-hydroxylation sites is 1. The zero-order valence-corrected chi connectivity index (χ0v) is 17.0. The van der Waals surface area contributed by atoms with E-state index in [1.807, 2.05) is 13.0 Å². The van der Waals surface area contributed by atoms with Gasteiger partial charge in [-0.1, -0.05) is 24.3 Å². The van der Waals surface area contributed by atoms with Crippen LogP contribution in [0.15, 0.2) is 48.5 Å². The number of ether oxygens (including phenoxy) is 1. The number of carbonyl (C=O) groups excluding carboxylic acids is 2. The van der Waals surface area contributed by atoms with Crippen LogP contribution in [-0.4, -0.2) is 40.2 Å². The molecule has 0 aliphatic carbocycles. The highest BCUT2D eigenvalue weighted by molar-refractivity contribution is 7.92. The molecule has 8 heteroatoms. The minimum Gasteiger partial charge on any atom is -0.465 e. The molecule has 0 fully saturated rings. The molecule has 0 radical (unpaired) electrons. The Hall–Kier alpha value is -2.87. The highest BCUT2D eigenvalue weighted by Gasteiger charge is 2.17. The second-order valence-electron chi connectivity index (χ2n) is 6.34. The van der Waals surface area contributed by atoms with Crippen LogP contribution >= 0.6 is 0 Å². The maximum absolute atomic E-state index is 12.3. The second-order valence-corrected chi connectivity index (χ2v) is 8.25. The van der Waals surface area contributed by atoms with Crippen LogP contribution in [0.2, 0.25) is 0 Å². The SMILES string of the molecule is COC(=O)c1ccc(C)c(NC(=O)CCCN(c2ccccc2)S(C)(=O)=O)c1. The summed E-state index contributed by atoms with van der Waals surface area (Å²) in [7, 11) is -2.16. The summed E-state index contributed by atoms with van der Waals surface area (Å²) in [4.78, 5) is 23.9. The number of aryl methyl sites for hydroxylation is 1. The molecule has 28 heavy (non-hydrogen) atoms. The van der Waals surface area contributed by atoms with Crippen molar-refractivity contribution in [2.75, 3.05) is 29.5 Å². The Morgan fingerprint density at radius 1 is 1.11 bits per heavy atom. The van der Waals surface area contributed by atoms with Crippen LogP contribution in [0.25, 0.3) is 0 Å². The molecule has 0 aliphatic heterocycles. The largest absolute Gasteiger partial charge is 0.465 e. The van der Waals surface area contributed by atoms with E-state index in [0.29, 0.717) is 23.4 Å². The molecule has 2 rings (SSSR count). The van der Waals surface area contributed by atoms with Crippen molar-refractivity contribution < 1.29 is 22.7 Å². The van der Waals surface area contributed by atoms with E-state index in [-0.39, 0.29) is 18.9 Å². The number of nitrogens with zero attached hydrogens (tertiary/aromatic N) is 1. The van der Waals surface area contributed by atoms with Crippen molar-refractivity contribution in [3.05, 3.63) is 59.7 Å². The molecule has 0 saturated carbocycles. The average Bonchev–Trinajstić information content (AvgIpc) is 2.66. The third kappa shape index (κ3) is 5.82. The Morgan fingerprint density at radius 3 is 2.39 bits per heavy atom. The molecule has 2 aromatic rings. The minimum absolute atomic E-state index is 0.140. The van der Waals surface area contributed by atoms with E-state index in [0.717, 1.165) is 11.8 Å². The van der Waals surface area contributed by atoms with Crippen LogP contribution in [-0.2, 0) is 19.6 Å². The summed E-state index contributed by atoms with van der Waals surface area (Å²) >= 11 is 0. The van der Waals surface area contributed by atoms with Crippen molar-refractivity contribution in [1.29, 1.82) is 0 Å². The normalized spacial score (nSPS) is 11.0. The lowest BCUT2D eigenvalue weighted by Gasteiger charge is -2.22. The third-order valence-electron chi connectivity index (χ3n) is 4.14. The molecule has 0 aliphatic rings. The molecular weight excluding hydrogens is 380 g/mol. The number of rotatable bonds is 8. The number of hydrogen-bond donors (Lipinski definition) is 1. The summed E-state index contributed by atoms with van der Waals surface area (Å²) in [6.45, 7) is 2.01. The first-order chi connectivity index (χ1) is 13.2. The Bertz CT molecular complexity index is 942. The fraction of sp³-hybridized carbons (Fsp3) is 0.300. The number of benzene rings is 2. The quantitative estimate of drug-likeness (QED) is 0.683. The van der Waals surface area contributed by atoms with Crippen LogP contribution in [0, 0.1) is 6.92 Å². The van der Waals surface area contributed by atoms with Gasteiger partial charge < -0.3 is 10.1 Å². The third-order valence-corrected chi connectivity index (χ3v) is 5.34. The van der Waals surface area contributed by atoms with E-state index in [2.05, 4.69) is 10.1 Å². The monoisotopic (exact) mass is 404 g/mol. The zero-order valence-electron chi connectivity index (χ0n) is 16.1.